The second-order valence-electron chi connectivity index (χ2n) is 7.33. The maximum Gasteiger partial charge on any atom is 0.229 e. The summed E-state index contributed by atoms with van der Waals surface area (Å²) in [7, 11) is 5.42. The number of hydrogen-bond donors (Lipinski definition) is 2. The van der Waals surface area contributed by atoms with Crippen molar-refractivity contribution in [2.75, 3.05) is 24.4 Å². The van der Waals surface area contributed by atoms with Gasteiger partial charge in [-0.25, -0.2) is 9.19 Å². The number of anilines is 4. The molecule has 0 bridgehead atoms. The third kappa shape index (κ3) is 4.41. The van der Waals surface area contributed by atoms with E-state index in [2.05, 4.69) is 26.4 Å². The summed E-state index contributed by atoms with van der Waals surface area (Å²) in [6.45, 7) is 2.04. The first kappa shape index (κ1) is 21.7. The molecule has 0 fully saturated rings. The number of nitrogens with one attached hydrogen (secondary N) is 1. The van der Waals surface area contributed by atoms with Crippen molar-refractivity contribution in [2.45, 2.75) is 12.7 Å². The van der Waals surface area contributed by atoms with Crippen LogP contribution >= 0.6 is 0 Å². The Morgan fingerprint density at radius 2 is 2.03 bits per heavy atom. The minimum absolute atomic E-state index is 0.0256. The number of rotatable bonds is 7. The van der Waals surface area contributed by atoms with Gasteiger partial charge in [-0.15, -0.1) is 0 Å². The highest BCUT2D eigenvalue weighted by Crippen LogP contribution is 2.30. The molecule has 2 aromatic carbocycles. The summed E-state index contributed by atoms with van der Waals surface area (Å²) in [5, 5.41) is 8.83. The topological polar surface area (TPSA) is 105 Å². The molecule has 9 nitrogen and oxygen atoms in total. The van der Waals surface area contributed by atoms with Crippen LogP contribution in [0.25, 0.3) is 10.9 Å². The summed E-state index contributed by atoms with van der Waals surface area (Å²) in [6, 6.07) is 13.2. The average Bonchev–Trinajstić information content (AvgIpc) is 3.06. The summed E-state index contributed by atoms with van der Waals surface area (Å²) in [4.78, 5) is 10.9. The van der Waals surface area contributed by atoms with Gasteiger partial charge in [0.2, 0.25) is 5.95 Å². The fourth-order valence-corrected chi connectivity index (χ4v) is 3.93. The molecule has 0 radical (unpaired) electrons. The third-order valence-electron chi connectivity index (χ3n) is 5.29. The van der Waals surface area contributed by atoms with Crippen LogP contribution in [0, 0.1) is 6.92 Å². The monoisotopic (exact) mass is 452 g/mol. The lowest BCUT2D eigenvalue weighted by Crippen LogP contribution is -2.12. The normalized spacial score (nSPS) is 12.0. The van der Waals surface area contributed by atoms with E-state index in [9.17, 15) is 8.76 Å². The van der Waals surface area contributed by atoms with Gasteiger partial charge in [0.15, 0.2) is 11.1 Å². The molecule has 1 unspecified atom stereocenters. The lowest BCUT2D eigenvalue weighted by molar-refractivity contribution is 0.416. The van der Waals surface area contributed by atoms with Crippen molar-refractivity contribution in [1.29, 1.82) is 0 Å². The van der Waals surface area contributed by atoms with E-state index >= 15 is 0 Å². The SMILES string of the molecule is COc1ccc(CS(=O)O)cc1Nc1nccc(N(C)c2ccc3c(C)n(C)nc3c2)n1. The number of fused-ring (bicyclic) bond motifs is 1. The van der Waals surface area contributed by atoms with Crippen LogP contribution in [0.2, 0.25) is 0 Å². The Hall–Kier alpha value is -3.50. The molecule has 2 aromatic heterocycles. The summed E-state index contributed by atoms with van der Waals surface area (Å²) >= 11 is -1.93. The predicted octanol–water partition coefficient (Wildman–Crippen LogP) is 3.91. The van der Waals surface area contributed by atoms with E-state index in [1.54, 1.807) is 31.5 Å². The first-order chi connectivity index (χ1) is 15.4. The van der Waals surface area contributed by atoms with E-state index in [0.29, 0.717) is 28.8 Å². The van der Waals surface area contributed by atoms with Crippen LogP contribution < -0.4 is 15.0 Å². The van der Waals surface area contributed by atoms with E-state index in [-0.39, 0.29) is 5.75 Å². The number of methoxy groups -OCH3 is 1. The van der Waals surface area contributed by atoms with E-state index in [0.717, 1.165) is 22.3 Å². The molecule has 32 heavy (non-hydrogen) atoms. The number of nitrogens with zero attached hydrogens (tertiary/aromatic N) is 5. The molecule has 0 spiro atoms. The van der Waals surface area contributed by atoms with E-state index in [1.807, 2.05) is 48.8 Å². The average molecular weight is 453 g/mol. The number of aromatic nitrogens is 4. The van der Waals surface area contributed by atoms with Crippen molar-refractivity contribution in [3.8, 4) is 5.75 Å². The zero-order chi connectivity index (χ0) is 22.8. The zero-order valence-corrected chi connectivity index (χ0v) is 19.1. The number of benzene rings is 2. The maximum atomic E-state index is 11.2. The lowest BCUT2D eigenvalue weighted by Gasteiger charge is -2.19. The molecule has 2 N–H and O–H groups in total. The van der Waals surface area contributed by atoms with Gasteiger partial charge in [-0.1, -0.05) is 6.07 Å². The lowest BCUT2D eigenvalue weighted by atomic mass is 10.2. The van der Waals surface area contributed by atoms with E-state index in [1.165, 1.54) is 0 Å². The van der Waals surface area contributed by atoms with Gasteiger partial charge in [-0.2, -0.15) is 10.1 Å². The molecule has 4 rings (SSSR count). The zero-order valence-electron chi connectivity index (χ0n) is 18.2. The highest BCUT2D eigenvalue weighted by Gasteiger charge is 2.13. The molecule has 1 atom stereocenters. The fourth-order valence-electron chi connectivity index (χ4n) is 3.46. The Bertz CT molecular complexity index is 1310. The predicted molar refractivity (Wildman–Crippen MR) is 126 cm³/mol. The van der Waals surface area contributed by atoms with Crippen LogP contribution in [0.3, 0.4) is 0 Å². The summed E-state index contributed by atoms with van der Waals surface area (Å²) < 4.78 is 27.6. The van der Waals surface area contributed by atoms with Gasteiger partial charge in [0.1, 0.15) is 11.6 Å². The van der Waals surface area contributed by atoms with Gasteiger partial charge in [0.25, 0.3) is 0 Å². The van der Waals surface area contributed by atoms with Crippen LogP contribution in [0.4, 0.5) is 23.1 Å². The highest BCUT2D eigenvalue weighted by molar-refractivity contribution is 7.78. The first-order valence-corrected chi connectivity index (χ1v) is 11.1. The Morgan fingerprint density at radius 1 is 1.22 bits per heavy atom. The van der Waals surface area contributed by atoms with Gasteiger partial charge in [-0.3, -0.25) is 4.68 Å². The van der Waals surface area contributed by atoms with Crippen LogP contribution in [-0.2, 0) is 23.9 Å². The Kier molecular flexibility index (Phi) is 6.06. The molecule has 2 heterocycles. The maximum absolute atomic E-state index is 11.2. The molecule has 0 amide bonds. The molecule has 4 aromatic rings. The van der Waals surface area contributed by atoms with Crippen molar-refractivity contribution in [2.24, 2.45) is 7.05 Å². The number of hydrogen-bond acceptors (Lipinski definition) is 7. The van der Waals surface area contributed by atoms with Crippen molar-refractivity contribution >= 4 is 45.1 Å². The first-order valence-electron chi connectivity index (χ1n) is 9.87. The molecular weight excluding hydrogens is 428 g/mol. The Labute approximate surface area is 188 Å². The largest absolute Gasteiger partial charge is 0.495 e. The van der Waals surface area contributed by atoms with E-state index < -0.39 is 11.1 Å². The standard InChI is InChI=1S/C22H24N6O3S/c1-14-17-7-6-16(12-18(17)26-28(14)3)27(2)21-9-10-23-22(25-21)24-19-11-15(13-32(29)30)5-8-20(19)31-4/h5-12H,13H2,1-4H3,(H,29,30)(H,23,24,25). The van der Waals surface area contributed by atoms with Crippen LogP contribution in [0.1, 0.15) is 11.3 Å². The molecular formula is C22H24N6O3S. The van der Waals surface area contributed by atoms with Crippen molar-refractivity contribution < 1.29 is 13.5 Å². The van der Waals surface area contributed by atoms with Gasteiger partial charge in [-0.05, 0) is 48.9 Å². The van der Waals surface area contributed by atoms with Crippen LogP contribution in [0.5, 0.6) is 5.75 Å². The number of aryl methyl sites for hydroxylation is 2. The third-order valence-corrected chi connectivity index (χ3v) is 5.87. The Morgan fingerprint density at radius 3 is 2.78 bits per heavy atom. The second-order valence-corrected chi connectivity index (χ2v) is 8.27. The quantitative estimate of drug-likeness (QED) is 0.407. The summed E-state index contributed by atoms with van der Waals surface area (Å²) in [6.07, 6.45) is 1.67. The number of ether oxygens (including phenoxy) is 1. The van der Waals surface area contributed by atoms with Gasteiger partial charge in [0, 0.05) is 37.1 Å². The molecule has 0 aliphatic heterocycles. The summed E-state index contributed by atoms with van der Waals surface area (Å²) in [5.41, 5.74) is 4.29. The minimum Gasteiger partial charge on any atom is -0.495 e. The van der Waals surface area contributed by atoms with Gasteiger partial charge in [0.05, 0.1) is 24.1 Å². The Balaban J connectivity index is 1.62. The molecule has 0 aliphatic rings. The van der Waals surface area contributed by atoms with Gasteiger partial charge < -0.3 is 19.5 Å². The smallest absolute Gasteiger partial charge is 0.229 e. The van der Waals surface area contributed by atoms with Crippen LogP contribution in [-0.4, -0.2) is 42.7 Å². The molecule has 0 saturated carbocycles. The van der Waals surface area contributed by atoms with Crippen molar-refractivity contribution in [1.82, 2.24) is 19.7 Å². The van der Waals surface area contributed by atoms with E-state index in [4.69, 9.17) is 4.74 Å². The second kappa shape index (κ2) is 8.93. The van der Waals surface area contributed by atoms with Crippen LogP contribution in [0.15, 0.2) is 48.7 Å². The molecule has 10 heteroatoms. The highest BCUT2D eigenvalue weighted by atomic mass is 32.2. The van der Waals surface area contributed by atoms with Gasteiger partial charge >= 0.3 is 0 Å². The van der Waals surface area contributed by atoms with Crippen molar-refractivity contribution in [3.05, 3.63) is 59.9 Å². The summed E-state index contributed by atoms with van der Waals surface area (Å²) in [5.74, 6) is 1.68. The van der Waals surface area contributed by atoms with Crippen molar-refractivity contribution in [3.63, 3.8) is 0 Å². The molecule has 0 aliphatic carbocycles. The molecule has 0 saturated heterocycles. The minimum atomic E-state index is -1.93. The molecule has 166 valence electrons. The fraction of sp³-hybridized carbons (Fsp3) is 0.227.